The fourth-order valence-electron chi connectivity index (χ4n) is 1.77. The Morgan fingerprint density at radius 1 is 1.16 bits per heavy atom. The first-order chi connectivity index (χ1) is 9.13. The number of hydrogen-bond acceptors (Lipinski definition) is 3. The third-order valence-electron chi connectivity index (χ3n) is 2.72. The van der Waals surface area contributed by atoms with E-state index in [2.05, 4.69) is 0 Å². The van der Waals surface area contributed by atoms with E-state index in [1.165, 1.54) is 12.1 Å². The zero-order valence-electron chi connectivity index (χ0n) is 10.4. The van der Waals surface area contributed by atoms with Gasteiger partial charge >= 0.3 is 0 Å². The predicted molar refractivity (Wildman–Crippen MR) is 70.2 cm³/mol. The molecule has 2 rings (SSSR count). The molecule has 0 amide bonds. The summed E-state index contributed by atoms with van der Waals surface area (Å²) in [5.74, 6) is 0.119. The van der Waals surface area contributed by atoms with Crippen LogP contribution in [0.4, 0.5) is 4.39 Å². The van der Waals surface area contributed by atoms with Crippen LogP contribution in [0.1, 0.15) is 24.1 Å². The number of nitrogens with two attached hydrogens (primary N) is 1. The lowest BCUT2D eigenvalue weighted by molar-refractivity contribution is 0.465. The lowest BCUT2D eigenvalue weighted by Gasteiger charge is -2.14. The summed E-state index contributed by atoms with van der Waals surface area (Å²) in [6.45, 7) is 1.83. The minimum absolute atomic E-state index is 0.109. The first-order valence-corrected chi connectivity index (χ1v) is 5.84. The van der Waals surface area contributed by atoms with Crippen LogP contribution >= 0.6 is 0 Å². The van der Waals surface area contributed by atoms with Gasteiger partial charge in [-0.3, -0.25) is 0 Å². The van der Waals surface area contributed by atoms with Gasteiger partial charge in [-0.1, -0.05) is 24.3 Å². The van der Waals surface area contributed by atoms with Gasteiger partial charge < -0.3 is 10.5 Å². The number of rotatable bonds is 3. The molecule has 0 spiro atoms. The molecule has 0 fully saturated rings. The maximum atomic E-state index is 13.5. The second kappa shape index (κ2) is 5.51. The Balaban J connectivity index is 2.43. The fraction of sp³-hybridized carbons (Fsp3) is 0.133. The maximum absolute atomic E-state index is 13.5. The van der Waals surface area contributed by atoms with E-state index in [0.717, 1.165) is 5.56 Å². The molecule has 0 aliphatic rings. The van der Waals surface area contributed by atoms with Crippen molar-refractivity contribution in [2.75, 3.05) is 0 Å². The average molecular weight is 256 g/mol. The first-order valence-electron chi connectivity index (χ1n) is 5.84. The van der Waals surface area contributed by atoms with Crippen molar-refractivity contribution in [2.45, 2.75) is 13.0 Å². The van der Waals surface area contributed by atoms with Crippen LogP contribution in [0.3, 0.4) is 0 Å². The molecule has 0 saturated heterocycles. The highest BCUT2D eigenvalue weighted by Gasteiger charge is 2.13. The van der Waals surface area contributed by atoms with E-state index in [-0.39, 0.29) is 17.4 Å². The predicted octanol–water partition coefficient (Wildman–Crippen LogP) is 3.51. The van der Waals surface area contributed by atoms with Crippen LogP contribution in [0.25, 0.3) is 0 Å². The molecule has 96 valence electrons. The Labute approximate surface area is 111 Å². The van der Waals surface area contributed by atoms with Crippen LogP contribution in [0.2, 0.25) is 0 Å². The molecule has 0 aliphatic heterocycles. The summed E-state index contributed by atoms with van der Waals surface area (Å²) in [5, 5.41) is 8.96. The number of hydrogen-bond donors (Lipinski definition) is 1. The topological polar surface area (TPSA) is 59.0 Å². The SMILES string of the molecule is CC(N)c1ccccc1Oc1cccc(F)c1C#N. The monoisotopic (exact) mass is 256 g/mol. The standard InChI is InChI=1S/C15H13FN2O/c1-10(18)11-5-2-3-7-14(11)19-15-8-4-6-13(16)12(15)9-17/h2-8,10H,18H2,1H3. The summed E-state index contributed by atoms with van der Waals surface area (Å²) in [4.78, 5) is 0. The molecule has 1 atom stereocenters. The van der Waals surface area contributed by atoms with Crippen molar-refractivity contribution in [1.82, 2.24) is 0 Å². The molecule has 19 heavy (non-hydrogen) atoms. The highest BCUT2D eigenvalue weighted by atomic mass is 19.1. The number of ether oxygens (including phenoxy) is 1. The van der Waals surface area contributed by atoms with Crippen molar-refractivity contribution in [3.05, 3.63) is 59.4 Å². The molecule has 0 heterocycles. The zero-order chi connectivity index (χ0) is 13.8. The summed E-state index contributed by atoms with van der Waals surface area (Å²) in [6, 6.07) is 13.1. The quantitative estimate of drug-likeness (QED) is 0.914. The van der Waals surface area contributed by atoms with E-state index in [9.17, 15) is 4.39 Å². The highest BCUT2D eigenvalue weighted by Crippen LogP contribution is 2.31. The molecule has 3 nitrogen and oxygen atoms in total. The van der Waals surface area contributed by atoms with Gasteiger partial charge in [-0.2, -0.15) is 5.26 Å². The van der Waals surface area contributed by atoms with Crippen molar-refractivity contribution < 1.29 is 9.13 Å². The second-order valence-corrected chi connectivity index (χ2v) is 4.15. The minimum atomic E-state index is -0.599. The summed E-state index contributed by atoms with van der Waals surface area (Å²) >= 11 is 0. The van der Waals surface area contributed by atoms with Crippen LogP contribution in [0.15, 0.2) is 42.5 Å². The number of nitrogens with zero attached hydrogens (tertiary/aromatic N) is 1. The van der Waals surface area contributed by atoms with Gasteiger partial charge in [0.25, 0.3) is 0 Å². The normalized spacial score (nSPS) is 11.7. The molecule has 0 aromatic heterocycles. The van der Waals surface area contributed by atoms with Crippen LogP contribution in [0, 0.1) is 17.1 Å². The van der Waals surface area contributed by atoms with E-state index in [1.807, 2.05) is 19.1 Å². The van der Waals surface area contributed by atoms with Gasteiger partial charge in [-0.15, -0.1) is 0 Å². The van der Waals surface area contributed by atoms with Gasteiger partial charge in [0.05, 0.1) is 0 Å². The molecule has 2 aromatic rings. The largest absolute Gasteiger partial charge is 0.456 e. The van der Waals surface area contributed by atoms with Gasteiger partial charge in [-0.25, -0.2) is 4.39 Å². The van der Waals surface area contributed by atoms with E-state index in [4.69, 9.17) is 15.7 Å². The van der Waals surface area contributed by atoms with Gasteiger partial charge in [0, 0.05) is 11.6 Å². The third-order valence-corrected chi connectivity index (χ3v) is 2.72. The smallest absolute Gasteiger partial charge is 0.148 e. The zero-order valence-corrected chi connectivity index (χ0v) is 10.4. The molecule has 0 saturated carbocycles. The van der Waals surface area contributed by atoms with Crippen molar-refractivity contribution in [1.29, 1.82) is 5.26 Å². The fourth-order valence-corrected chi connectivity index (χ4v) is 1.77. The van der Waals surface area contributed by atoms with Crippen molar-refractivity contribution in [3.8, 4) is 17.6 Å². The molecular formula is C15H13FN2O. The lowest BCUT2D eigenvalue weighted by Crippen LogP contribution is -2.06. The number of halogens is 1. The Kier molecular flexibility index (Phi) is 3.79. The Hall–Kier alpha value is -2.38. The summed E-state index contributed by atoms with van der Waals surface area (Å²) in [6.07, 6.45) is 0. The first kappa shape index (κ1) is 13.1. The molecule has 2 aromatic carbocycles. The van der Waals surface area contributed by atoms with Gasteiger partial charge in [0.2, 0.25) is 0 Å². The number of benzene rings is 2. The van der Waals surface area contributed by atoms with Crippen LogP contribution in [-0.2, 0) is 0 Å². The van der Waals surface area contributed by atoms with E-state index < -0.39 is 5.82 Å². The Morgan fingerprint density at radius 2 is 1.84 bits per heavy atom. The van der Waals surface area contributed by atoms with E-state index in [1.54, 1.807) is 24.3 Å². The molecule has 0 aliphatic carbocycles. The van der Waals surface area contributed by atoms with Crippen molar-refractivity contribution >= 4 is 0 Å². The molecule has 0 bridgehead atoms. The van der Waals surface area contributed by atoms with Crippen LogP contribution in [-0.4, -0.2) is 0 Å². The van der Waals surface area contributed by atoms with Crippen molar-refractivity contribution in [3.63, 3.8) is 0 Å². The highest BCUT2D eigenvalue weighted by molar-refractivity contribution is 5.47. The van der Waals surface area contributed by atoms with Gasteiger partial charge in [0.1, 0.15) is 28.9 Å². The Bertz CT molecular complexity index is 632. The minimum Gasteiger partial charge on any atom is -0.456 e. The third kappa shape index (κ3) is 2.72. The van der Waals surface area contributed by atoms with E-state index >= 15 is 0 Å². The molecular weight excluding hydrogens is 243 g/mol. The van der Waals surface area contributed by atoms with E-state index in [0.29, 0.717) is 5.75 Å². The average Bonchev–Trinajstić information content (AvgIpc) is 2.39. The van der Waals surface area contributed by atoms with Crippen LogP contribution in [0.5, 0.6) is 11.5 Å². The summed E-state index contributed by atoms with van der Waals surface area (Å²) < 4.78 is 19.1. The van der Waals surface area contributed by atoms with Crippen LogP contribution < -0.4 is 10.5 Å². The molecule has 0 radical (unpaired) electrons. The molecule has 1 unspecified atom stereocenters. The number of para-hydroxylation sites is 1. The van der Waals surface area contributed by atoms with Gasteiger partial charge in [-0.05, 0) is 25.1 Å². The second-order valence-electron chi connectivity index (χ2n) is 4.15. The van der Waals surface area contributed by atoms with Crippen molar-refractivity contribution in [2.24, 2.45) is 5.73 Å². The maximum Gasteiger partial charge on any atom is 0.148 e. The Morgan fingerprint density at radius 3 is 2.53 bits per heavy atom. The number of nitriles is 1. The van der Waals surface area contributed by atoms with Gasteiger partial charge in [0.15, 0.2) is 0 Å². The lowest BCUT2D eigenvalue weighted by atomic mass is 10.1. The summed E-state index contributed by atoms with van der Waals surface area (Å²) in [7, 11) is 0. The summed E-state index contributed by atoms with van der Waals surface area (Å²) in [5.41, 5.74) is 6.54. The molecule has 4 heteroatoms. The molecule has 2 N–H and O–H groups in total.